The number of carbonyl (C=O) groups excluding carboxylic acids is 1. The summed E-state index contributed by atoms with van der Waals surface area (Å²) in [6.07, 6.45) is 2.81. The molecule has 0 aromatic carbocycles. The summed E-state index contributed by atoms with van der Waals surface area (Å²) in [5.41, 5.74) is 1.25. The maximum absolute atomic E-state index is 12.7. The van der Waals surface area contributed by atoms with Gasteiger partial charge in [-0.05, 0) is 19.3 Å². The van der Waals surface area contributed by atoms with Gasteiger partial charge in [-0.2, -0.15) is 0 Å². The molecule has 0 bridgehead atoms. The summed E-state index contributed by atoms with van der Waals surface area (Å²) in [5.74, 6) is 1.54. The fourth-order valence-electron chi connectivity index (χ4n) is 2.43. The zero-order valence-corrected chi connectivity index (χ0v) is 12.8. The van der Waals surface area contributed by atoms with Crippen molar-refractivity contribution in [1.82, 2.24) is 14.9 Å². The molecule has 1 aromatic rings. The molecule has 110 valence electrons. The Hall–Kier alpha value is -1.65. The molecule has 5 nitrogen and oxygen atoms in total. The molecule has 2 heterocycles. The molecule has 1 aliphatic heterocycles. The number of anilines is 1. The second-order valence-electron chi connectivity index (χ2n) is 5.82. The zero-order chi connectivity index (χ0) is 14.7. The molecule has 1 atom stereocenters. The first-order valence-electron chi connectivity index (χ1n) is 7.43. The molecule has 0 saturated carbocycles. The van der Waals surface area contributed by atoms with E-state index in [-0.39, 0.29) is 11.8 Å². The van der Waals surface area contributed by atoms with Crippen LogP contribution in [0.1, 0.15) is 56.3 Å². The van der Waals surface area contributed by atoms with Crippen LogP contribution in [0.3, 0.4) is 0 Å². The summed E-state index contributed by atoms with van der Waals surface area (Å²) in [6, 6.07) is 0. The fourth-order valence-corrected chi connectivity index (χ4v) is 2.43. The van der Waals surface area contributed by atoms with E-state index in [4.69, 9.17) is 0 Å². The number of likely N-dealkylation sites (tertiary alicyclic amines) is 1. The number of nitrogens with zero attached hydrogens (tertiary/aromatic N) is 3. The van der Waals surface area contributed by atoms with Crippen LogP contribution in [0.4, 0.5) is 5.69 Å². The van der Waals surface area contributed by atoms with E-state index in [1.807, 2.05) is 25.7 Å². The maximum atomic E-state index is 12.7. The van der Waals surface area contributed by atoms with Crippen molar-refractivity contribution < 1.29 is 4.79 Å². The van der Waals surface area contributed by atoms with Gasteiger partial charge in [-0.25, -0.2) is 9.97 Å². The standard InChI is InChI=1S/C15H24N4O/c1-5-16-12-8-17-14(10(2)3)18-13(12)15(20)19-7-6-11(4)9-19/h8,10-11,16H,5-7,9H2,1-4H3. The van der Waals surface area contributed by atoms with Crippen LogP contribution in [0.15, 0.2) is 6.20 Å². The lowest BCUT2D eigenvalue weighted by atomic mass is 10.2. The van der Waals surface area contributed by atoms with Gasteiger partial charge in [0.05, 0.1) is 11.9 Å². The van der Waals surface area contributed by atoms with Crippen LogP contribution in [-0.2, 0) is 0 Å². The van der Waals surface area contributed by atoms with Crippen LogP contribution in [0, 0.1) is 5.92 Å². The third-order valence-electron chi connectivity index (χ3n) is 3.60. The Labute approximate surface area is 120 Å². The molecular formula is C15H24N4O. The van der Waals surface area contributed by atoms with E-state index >= 15 is 0 Å². The molecule has 2 rings (SSSR count). The Balaban J connectivity index is 2.31. The second-order valence-corrected chi connectivity index (χ2v) is 5.82. The van der Waals surface area contributed by atoms with Gasteiger partial charge in [0.2, 0.25) is 0 Å². The second kappa shape index (κ2) is 6.20. The Bertz CT molecular complexity index is 487. The zero-order valence-electron chi connectivity index (χ0n) is 12.8. The van der Waals surface area contributed by atoms with Crippen molar-refractivity contribution in [3.63, 3.8) is 0 Å². The van der Waals surface area contributed by atoms with E-state index in [1.54, 1.807) is 6.20 Å². The summed E-state index contributed by atoms with van der Waals surface area (Å²) in [6.45, 7) is 10.7. The molecule has 1 unspecified atom stereocenters. The first kappa shape index (κ1) is 14.8. The van der Waals surface area contributed by atoms with Gasteiger partial charge >= 0.3 is 0 Å². The van der Waals surface area contributed by atoms with Crippen LogP contribution in [0.2, 0.25) is 0 Å². The minimum Gasteiger partial charge on any atom is -0.382 e. The Morgan fingerprint density at radius 3 is 2.85 bits per heavy atom. The van der Waals surface area contributed by atoms with E-state index < -0.39 is 0 Å². The SMILES string of the molecule is CCNc1cnc(C(C)C)nc1C(=O)N1CCC(C)C1. The van der Waals surface area contributed by atoms with Gasteiger partial charge in [-0.3, -0.25) is 4.79 Å². The quantitative estimate of drug-likeness (QED) is 0.918. The Morgan fingerprint density at radius 2 is 2.30 bits per heavy atom. The summed E-state index contributed by atoms with van der Waals surface area (Å²) in [5, 5.41) is 3.19. The lowest BCUT2D eigenvalue weighted by Gasteiger charge is -2.18. The van der Waals surface area contributed by atoms with Gasteiger partial charge in [0, 0.05) is 25.6 Å². The molecule has 1 N–H and O–H groups in total. The molecule has 1 aromatic heterocycles. The number of hydrogen-bond donors (Lipinski definition) is 1. The van der Waals surface area contributed by atoms with Gasteiger partial charge in [0.1, 0.15) is 5.82 Å². The first-order valence-corrected chi connectivity index (χ1v) is 7.43. The van der Waals surface area contributed by atoms with E-state index in [2.05, 4.69) is 22.2 Å². The van der Waals surface area contributed by atoms with Crippen molar-refractivity contribution in [3.05, 3.63) is 17.7 Å². The van der Waals surface area contributed by atoms with Gasteiger partial charge < -0.3 is 10.2 Å². The fraction of sp³-hybridized carbons (Fsp3) is 0.667. The van der Waals surface area contributed by atoms with Gasteiger partial charge in [0.15, 0.2) is 5.69 Å². The summed E-state index contributed by atoms with van der Waals surface area (Å²) in [7, 11) is 0. The van der Waals surface area contributed by atoms with Gasteiger partial charge in [-0.15, -0.1) is 0 Å². The highest BCUT2D eigenvalue weighted by Gasteiger charge is 2.27. The first-order chi connectivity index (χ1) is 9.52. The molecule has 1 aliphatic rings. The van der Waals surface area contributed by atoms with E-state index in [0.29, 0.717) is 11.6 Å². The summed E-state index contributed by atoms with van der Waals surface area (Å²) in [4.78, 5) is 23.4. The molecule has 0 spiro atoms. The largest absolute Gasteiger partial charge is 0.382 e. The Kier molecular flexibility index (Phi) is 4.57. The lowest BCUT2D eigenvalue weighted by molar-refractivity contribution is 0.0782. The minimum absolute atomic E-state index is 0.0228. The van der Waals surface area contributed by atoms with Crippen LogP contribution in [-0.4, -0.2) is 40.4 Å². The summed E-state index contributed by atoms with van der Waals surface area (Å²) >= 11 is 0. The van der Waals surface area contributed by atoms with E-state index in [1.165, 1.54) is 0 Å². The Morgan fingerprint density at radius 1 is 1.55 bits per heavy atom. The van der Waals surface area contributed by atoms with Crippen molar-refractivity contribution in [3.8, 4) is 0 Å². The van der Waals surface area contributed by atoms with Crippen LogP contribution in [0.5, 0.6) is 0 Å². The normalized spacial score (nSPS) is 18.6. The number of hydrogen-bond acceptors (Lipinski definition) is 4. The smallest absolute Gasteiger partial charge is 0.274 e. The van der Waals surface area contributed by atoms with Gasteiger partial charge in [0.25, 0.3) is 5.91 Å². The number of rotatable bonds is 4. The minimum atomic E-state index is 0.0228. The summed E-state index contributed by atoms with van der Waals surface area (Å²) < 4.78 is 0. The molecule has 5 heteroatoms. The van der Waals surface area contributed by atoms with Crippen LogP contribution >= 0.6 is 0 Å². The molecule has 1 fully saturated rings. The molecule has 0 radical (unpaired) electrons. The van der Waals surface area contributed by atoms with Crippen LogP contribution in [0.25, 0.3) is 0 Å². The highest BCUT2D eigenvalue weighted by atomic mass is 16.2. The number of carbonyl (C=O) groups is 1. The highest BCUT2D eigenvalue weighted by molar-refractivity contribution is 5.97. The van der Waals surface area contributed by atoms with Crippen LogP contribution < -0.4 is 5.32 Å². The molecular weight excluding hydrogens is 252 g/mol. The third-order valence-corrected chi connectivity index (χ3v) is 3.60. The van der Waals surface area contributed by atoms with Crippen molar-refractivity contribution in [1.29, 1.82) is 0 Å². The number of amides is 1. The lowest BCUT2D eigenvalue weighted by Crippen LogP contribution is -2.30. The van der Waals surface area contributed by atoms with Crippen molar-refractivity contribution in [2.24, 2.45) is 5.92 Å². The predicted molar refractivity (Wildman–Crippen MR) is 80.0 cm³/mol. The van der Waals surface area contributed by atoms with E-state index in [0.717, 1.165) is 37.6 Å². The van der Waals surface area contributed by atoms with Crippen molar-refractivity contribution in [2.45, 2.75) is 40.0 Å². The van der Waals surface area contributed by atoms with E-state index in [9.17, 15) is 4.79 Å². The average molecular weight is 276 g/mol. The topological polar surface area (TPSA) is 58.1 Å². The average Bonchev–Trinajstić information content (AvgIpc) is 2.85. The molecule has 1 amide bonds. The van der Waals surface area contributed by atoms with Crippen molar-refractivity contribution in [2.75, 3.05) is 25.0 Å². The molecule has 20 heavy (non-hydrogen) atoms. The maximum Gasteiger partial charge on any atom is 0.274 e. The number of nitrogens with one attached hydrogen (secondary N) is 1. The third kappa shape index (κ3) is 3.08. The van der Waals surface area contributed by atoms with Crippen molar-refractivity contribution >= 4 is 11.6 Å². The monoisotopic (exact) mass is 276 g/mol. The van der Waals surface area contributed by atoms with Gasteiger partial charge in [-0.1, -0.05) is 20.8 Å². The molecule has 1 saturated heterocycles. The predicted octanol–water partition coefficient (Wildman–Crippen LogP) is 2.51. The number of aromatic nitrogens is 2. The molecule has 0 aliphatic carbocycles. The highest BCUT2D eigenvalue weighted by Crippen LogP contribution is 2.22.